The lowest BCUT2D eigenvalue weighted by Crippen LogP contribution is -2.26. The second-order valence-electron chi connectivity index (χ2n) is 8.61. The number of aromatic nitrogens is 3. The minimum atomic E-state index is -0.216. The molecule has 0 aliphatic heterocycles. The van der Waals surface area contributed by atoms with Crippen molar-refractivity contribution in [1.29, 1.82) is 0 Å². The van der Waals surface area contributed by atoms with E-state index < -0.39 is 0 Å². The normalized spacial score (nSPS) is 11.3. The Morgan fingerprint density at radius 3 is 2.12 bits per heavy atom. The SMILES string of the molecule is NCCc1c[nH]c2ccc(Cc3c(O)n(Cc4ccccc4)c(=O)n3Cc3ccccc3)cc12. The van der Waals surface area contributed by atoms with E-state index in [1.165, 1.54) is 10.1 Å². The average Bonchev–Trinajstić information content (AvgIpc) is 3.35. The number of imidazole rings is 1. The van der Waals surface area contributed by atoms with E-state index in [0.717, 1.165) is 34.0 Å². The molecule has 3 aromatic carbocycles. The molecule has 0 aliphatic rings. The summed E-state index contributed by atoms with van der Waals surface area (Å²) in [6.45, 7) is 1.30. The molecule has 0 radical (unpaired) electrons. The van der Waals surface area contributed by atoms with Crippen molar-refractivity contribution in [3.63, 3.8) is 0 Å². The summed E-state index contributed by atoms with van der Waals surface area (Å²) in [5, 5.41) is 12.4. The van der Waals surface area contributed by atoms with Gasteiger partial charge in [0.25, 0.3) is 0 Å². The fourth-order valence-electron chi connectivity index (χ4n) is 4.53. The van der Waals surface area contributed by atoms with Gasteiger partial charge in [0.2, 0.25) is 5.88 Å². The molecule has 0 saturated heterocycles. The molecular weight excluding hydrogens is 424 g/mol. The molecule has 0 fully saturated rings. The number of nitrogens with one attached hydrogen (secondary N) is 1. The van der Waals surface area contributed by atoms with Crippen molar-refractivity contribution in [1.82, 2.24) is 14.1 Å². The second kappa shape index (κ2) is 9.45. The molecule has 0 amide bonds. The van der Waals surface area contributed by atoms with Crippen LogP contribution in [0.15, 0.2) is 89.9 Å². The van der Waals surface area contributed by atoms with E-state index in [-0.39, 0.29) is 11.6 Å². The van der Waals surface area contributed by atoms with E-state index in [0.29, 0.717) is 31.7 Å². The molecule has 0 bridgehead atoms. The highest BCUT2D eigenvalue weighted by molar-refractivity contribution is 5.84. The van der Waals surface area contributed by atoms with Gasteiger partial charge in [-0.25, -0.2) is 4.79 Å². The Hall–Kier alpha value is -4.03. The van der Waals surface area contributed by atoms with Crippen molar-refractivity contribution in [2.45, 2.75) is 25.9 Å². The summed E-state index contributed by atoms with van der Waals surface area (Å²) < 4.78 is 3.15. The molecule has 5 aromatic rings. The summed E-state index contributed by atoms with van der Waals surface area (Å²) in [5.41, 5.74) is 11.4. The fourth-order valence-corrected chi connectivity index (χ4v) is 4.53. The van der Waals surface area contributed by atoms with Gasteiger partial charge in [-0.3, -0.25) is 9.13 Å². The number of H-pyrrole nitrogens is 1. The summed E-state index contributed by atoms with van der Waals surface area (Å²) in [5.74, 6) is 0.0149. The van der Waals surface area contributed by atoms with Crippen LogP contribution in [0.4, 0.5) is 0 Å². The third-order valence-corrected chi connectivity index (χ3v) is 6.29. The number of rotatable bonds is 8. The maximum atomic E-state index is 13.5. The van der Waals surface area contributed by atoms with Crippen molar-refractivity contribution in [2.75, 3.05) is 6.54 Å². The van der Waals surface area contributed by atoms with E-state index in [4.69, 9.17) is 5.73 Å². The standard InChI is InChI=1S/C28H28N4O2/c29-14-13-23-17-30-25-12-11-22(15-24(23)25)16-26-27(33)32(19-21-9-5-2-6-10-21)28(34)31(26)18-20-7-3-1-4-8-20/h1-12,15,17,30,33H,13-14,16,18-19,29H2. The van der Waals surface area contributed by atoms with E-state index in [1.54, 1.807) is 4.57 Å². The Morgan fingerprint density at radius 1 is 0.824 bits per heavy atom. The summed E-state index contributed by atoms with van der Waals surface area (Å²) in [6, 6.07) is 25.8. The van der Waals surface area contributed by atoms with Crippen LogP contribution >= 0.6 is 0 Å². The number of aromatic amines is 1. The van der Waals surface area contributed by atoms with Crippen LogP contribution in [0.2, 0.25) is 0 Å². The highest BCUT2D eigenvalue weighted by atomic mass is 16.3. The average molecular weight is 453 g/mol. The zero-order valence-electron chi connectivity index (χ0n) is 18.9. The van der Waals surface area contributed by atoms with Crippen molar-refractivity contribution in [3.8, 4) is 5.88 Å². The molecule has 0 saturated carbocycles. The van der Waals surface area contributed by atoms with E-state index in [1.807, 2.05) is 79.0 Å². The monoisotopic (exact) mass is 452 g/mol. The molecule has 0 atom stereocenters. The number of hydrogen-bond acceptors (Lipinski definition) is 3. The van der Waals surface area contributed by atoms with Gasteiger partial charge in [-0.15, -0.1) is 0 Å². The molecule has 0 aliphatic carbocycles. The molecule has 172 valence electrons. The number of fused-ring (bicyclic) bond motifs is 1. The van der Waals surface area contributed by atoms with Crippen molar-refractivity contribution in [2.24, 2.45) is 5.73 Å². The van der Waals surface area contributed by atoms with Gasteiger partial charge in [-0.2, -0.15) is 0 Å². The van der Waals surface area contributed by atoms with Crippen molar-refractivity contribution >= 4 is 10.9 Å². The van der Waals surface area contributed by atoms with Gasteiger partial charge in [0.1, 0.15) is 0 Å². The quantitative estimate of drug-likeness (QED) is 0.332. The molecule has 6 heteroatoms. The number of nitrogens with two attached hydrogens (primary N) is 1. The molecule has 2 aromatic heterocycles. The Kier molecular flexibility index (Phi) is 6.06. The van der Waals surface area contributed by atoms with E-state index >= 15 is 0 Å². The van der Waals surface area contributed by atoms with Gasteiger partial charge < -0.3 is 15.8 Å². The number of aromatic hydroxyl groups is 1. The highest BCUT2D eigenvalue weighted by Crippen LogP contribution is 2.25. The molecule has 6 nitrogen and oxygen atoms in total. The maximum absolute atomic E-state index is 13.5. The molecule has 2 heterocycles. The van der Waals surface area contributed by atoms with E-state index in [2.05, 4.69) is 11.1 Å². The fraction of sp³-hybridized carbons (Fsp3) is 0.179. The van der Waals surface area contributed by atoms with Gasteiger partial charge in [0, 0.05) is 23.5 Å². The van der Waals surface area contributed by atoms with Crippen LogP contribution < -0.4 is 11.4 Å². The first kappa shape index (κ1) is 21.8. The largest absolute Gasteiger partial charge is 0.493 e. The molecule has 0 unspecified atom stereocenters. The second-order valence-corrected chi connectivity index (χ2v) is 8.61. The zero-order chi connectivity index (χ0) is 23.5. The van der Waals surface area contributed by atoms with Crippen LogP contribution in [0.5, 0.6) is 5.88 Å². The van der Waals surface area contributed by atoms with Gasteiger partial charge in [0.15, 0.2) is 0 Å². The molecule has 5 rings (SSSR count). The summed E-state index contributed by atoms with van der Waals surface area (Å²) in [4.78, 5) is 16.8. The van der Waals surface area contributed by atoms with Gasteiger partial charge in [-0.1, -0.05) is 66.7 Å². The third-order valence-electron chi connectivity index (χ3n) is 6.29. The van der Waals surface area contributed by atoms with Crippen LogP contribution in [-0.4, -0.2) is 25.8 Å². The smallest absolute Gasteiger partial charge is 0.331 e. The molecular formula is C28H28N4O2. The maximum Gasteiger partial charge on any atom is 0.331 e. The van der Waals surface area contributed by atoms with Crippen LogP contribution in [-0.2, 0) is 25.9 Å². The number of nitrogens with zero attached hydrogens (tertiary/aromatic N) is 2. The highest BCUT2D eigenvalue weighted by Gasteiger charge is 2.20. The lowest BCUT2D eigenvalue weighted by atomic mass is 10.0. The summed E-state index contributed by atoms with van der Waals surface area (Å²) in [7, 11) is 0. The van der Waals surface area contributed by atoms with Crippen LogP contribution in [0.25, 0.3) is 10.9 Å². The molecule has 4 N–H and O–H groups in total. The van der Waals surface area contributed by atoms with Gasteiger partial charge in [0.05, 0.1) is 18.8 Å². The Bertz CT molecular complexity index is 1460. The van der Waals surface area contributed by atoms with Crippen LogP contribution in [0.3, 0.4) is 0 Å². The summed E-state index contributed by atoms with van der Waals surface area (Å²) >= 11 is 0. The molecule has 0 spiro atoms. The lowest BCUT2D eigenvalue weighted by molar-refractivity contribution is 0.416. The first-order chi connectivity index (χ1) is 16.6. The first-order valence-electron chi connectivity index (χ1n) is 11.5. The third kappa shape index (κ3) is 4.28. The zero-order valence-corrected chi connectivity index (χ0v) is 18.9. The number of hydrogen-bond donors (Lipinski definition) is 3. The minimum absolute atomic E-state index is 0.0149. The first-order valence-corrected chi connectivity index (χ1v) is 11.5. The Labute approximate surface area is 197 Å². The number of benzene rings is 3. The van der Waals surface area contributed by atoms with Gasteiger partial charge in [-0.05, 0) is 47.4 Å². The Balaban J connectivity index is 1.57. The predicted molar refractivity (Wildman–Crippen MR) is 135 cm³/mol. The van der Waals surface area contributed by atoms with Crippen LogP contribution in [0.1, 0.15) is 27.9 Å². The predicted octanol–water partition coefficient (Wildman–Crippen LogP) is 4.03. The van der Waals surface area contributed by atoms with E-state index in [9.17, 15) is 9.90 Å². The Morgan fingerprint density at radius 2 is 1.47 bits per heavy atom. The van der Waals surface area contributed by atoms with Crippen molar-refractivity contribution < 1.29 is 5.11 Å². The van der Waals surface area contributed by atoms with Crippen LogP contribution in [0, 0.1) is 0 Å². The van der Waals surface area contributed by atoms with Crippen molar-refractivity contribution in [3.05, 3.63) is 123 Å². The van der Waals surface area contributed by atoms with Gasteiger partial charge >= 0.3 is 5.69 Å². The minimum Gasteiger partial charge on any atom is -0.493 e. The molecule has 34 heavy (non-hydrogen) atoms. The topological polar surface area (TPSA) is 89.0 Å². The summed E-state index contributed by atoms with van der Waals surface area (Å²) in [6.07, 6.45) is 3.24. The lowest BCUT2D eigenvalue weighted by Gasteiger charge is -2.09.